The molecule has 1 saturated heterocycles. The Morgan fingerprint density at radius 3 is 3.04 bits per heavy atom. The zero-order valence-electron chi connectivity index (χ0n) is 14.6. The van der Waals surface area contributed by atoms with E-state index in [9.17, 15) is 4.79 Å². The summed E-state index contributed by atoms with van der Waals surface area (Å²) >= 11 is 0. The zero-order valence-corrected chi connectivity index (χ0v) is 14.6. The first-order chi connectivity index (χ1) is 12.1. The van der Waals surface area contributed by atoms with Crippen molar-refractivity contribution in [2.24, 2.45) is 0 Å². The van der Waals surface area contributed by atoms with Crippen LogP contribution in [0.5, 0.6) is 0 Å². The van der Waals surface area contributed by atoms with Gasteiger partial charge in [-0.3, -0.25) is 9.69 Å². The molecule has 4 rings (SSSR count). The van der Waals surface area contributed by atoms with Gasteiger partial charge in [0.1, 0.15) is 6.61 Å². The van der Waals surface area contributed by atoms with E-state index in [0.29, 0.717) is 31.4 Å². The molecule has 25 heavy (non-hydrogen) atoms. The van der Waals surface area contributed by atoms with Crippen LogP contribution in [0, 0.1) is 0 Å². The predicted octanol–water partition coefficient (Wildman–Crippen LogP) is 1.73. The molecule has 7 nitrogen and oxygen atoms in total. The fourth-order valence-electron chi connectivity index (χ4n) is 4.13. The fourth-order valence-corrected chi connectivity index (χ4v) is 4.13. The molecule has 0 saturated carbocycles. The number of benzene rings is 1. The number of piperidine rings is 1. The maximum absolute atomic E-state index is 13.1. The van der Waals surface area contributed by atoms with Gasteiger partial charge in [0.15, 0.2) is 5.82 Å². The Bertz CT molecular complexity index is 790. The van der Waals surface area contributed by atoms with Crippen molar-refractivity contribution in [1.82, 2.24) is 15.0 Å². The molecule has 1 aromatic heterocycles. The van der Waals surface area contributed by atoms with Gasteiger partial charge in [0, 0.05) is 26.4 Å². The topological polar surface area (TPSA) is 71.7 Å². The number of nitrogens with zero attached hydrogens (tertiary/aromatic N) is 4. The van der Waals surface area contributed by atoms with Crippen molar-refractivity contribution < 1.29 is 14.1 Å². The lowest BCUT2D eigenvalue weighted by Gasteiger charge is -2.38. The molecule has 2 aliphatic heterocycles. The summed E-state index contributed by atoms with van der Waals surface area (Å²) in [7, 11) is 3.46. The summed E-state index contributed by atoms with van der Waals surface area (Å²) in [5, 5.41) is 4.02. The number of anilines is 1. The number of ether oxygens (including phenoxy) is 1. The van der Waals surface area contributed by atoms with Crippen LogP contribution in [-0.4, -0.2) is 48.2 Å². The van der Waals surface area contributed by atoms with Crippen molar-refractivity contribution in [1.29, 1.82) is 0 Å². The number of fused-ring (bicyclic) bond motifs is 2. The summed E-state index contributed by atoms with van der Waals surface area (Å²) in [5.41, 5.74) is 1.71. The van der Waals surface area contributed by atoms with E-state index in [4.69, 9.17) is 9.26 Å². The molecule has 0 unspecified atom stereocenters. The molecule has 7 heteroatoms. The van der Waals surface area contributed by atoms with Crippen LogP contribution in [0.4, 0.5) is 5.69 Å². The third-order valence-electron chi connectivity index (χ3n) is 5.21. The van der Waals surface area contributed by atoms with Crippen LogP contribution in [0.2, 0.25) is 0 Å². The summed E-state index contributed by atoms with van der Waals surface area (Å²) in [6.07, 6.45) is 1.85. The van der Waals surface area contributed by atoms with Crippen LogP contribution in [-0.2, 0) is 28.1 Å². The lowest BCUT2D eigenvalue weighted by Crippen LogP contribution is -2.51. The van der Waals surface area contributed by atoms with Crippen LogP contribution >= 0.6 is 0 Å². The van der Waals surface area contributed by atoms with Gasteiger partial charge >= 0.3 is 0 Å². The van der Waals surface area contributed by atoms with E-state index >= 15 is 0 Å². The number of rotatable bonds is 4. The number of methoxy groups -OCH3 is 1. The molecular formula is C18H22N4O3. The summed E-state index contributed by atoms with van der Waals surface area (Å²) in [6, 6.07) is 8.11. The highest BCUT2D eigenvalue weighted by Crippen LogP contribution is 2.46. The Balaban J connectivity index is 1.57. The van der Waals surface area contributed by atoms with E-state index in [2.05, 4.69) is 21.1 Å². The van der Waals surface area contributed by atoms with Gasteiger partial charge < -0.3 is 14.2 Å². The maximum Gasteiger partial charge on any atom is 0.252 e. The van der Waals surface area contributed by atoms with Gasteiger partial charge in [-0.05, 0) is 31.0 Å². The van der Waals surface area contributed by atoms with E-state index in [0.717, 1.165) is 30.6 Å². The van der Waals surface area contributed by atoms with Gasteiger partial charge in [-0.15, -0.1) is 0 Å². The largest absolute Gasteiger partial charge is 0.375 e. The number of likely N-dealkylation sites (N-methyl/N-ethyl adjacent to an activating group) is 1. The smallest absolute Gasteiger partial charge is 0.252 e. The standard InChI is InChI=1S/C18H22N4O3/c1-21-14-7-4-3-6-13(14)18(17(21)23)8-5-9-22(12-18)10-15-19-16(11-24-2)25-20-15/h3-4,6-7H,5,8-12H2,1-2H3/t18-/m1/s1. The van der Waals surface area contributed by atoms with Gasteiger partial charge in [-0.25, -0.2) is 0 Å². The monoisotopic (exact) mass is 342 g/mol. The Kier molecular flexibility index (Phi) is 4.05. The van der Waals surface area contributed by atoms with Crippen LogP contribution in [0.15, 0.2) is 28.8 Å². The minimum absolute atomic E-state index is 0.187. The predicted molar refractivity (Wildman–Crippen MR) is 91.1 cm³/mol. The van der Waals surface area contributed by atoms with Crippen molar-refractivity contribution >= 4 is 11.6 Å². The highest BCUT2D eigenvalue weighted by atomic mass is 16.5. The number of carbonyl (C=O) groups is 1. The van der Waals surface area contributed by atoms with Gasteiger partial charge in [-0.2, -0.15) is 4.98 Å². The average Bonchev–Trinajstić information content (AvgIpc) is 3.14. The minimum Gasteiger partial charge on any atom is -0.375 e. The van der Waals surface area contributed by atoms with Crippen LogP contribution in [0.1, 0.15) is 30.1 Å². The fraction of sp³-hybridized carbons (Fsp3) is 0.500. The molecule has 1 fully saturated rings. The molecule has 132 valence electrons. The molecule has 0 N–H and O–H groups in total. The molecule has 1 spiro atoms. The third-order valence-corrected chi connectivity index (χ3v) is 5.21. The molecule has 0 aliphatic carbocycles. The van der Waals surface area contributed by atoms with E-state index in [1.807, 2.05) is 25.2 Å². The van der Waals surface area contributed by atoms with E-state index in [-0.39, 0.29) is 5.91 Å². The second kappa shape index (κ2) is 6.24. The molecule has 2 aromatic rings. The number of likely N-dealkylation sites (tertiary alicyclic amines) is 1. The van der Waals surface area contributed by atoms with Gasteiger partial charge in [-0.1, -0.05) is 23.4 Å². The second-order valence-corrected chi connectivity index (χ2v) is 6.81. The zero-order chi connectivity index (χ0) is 17.4. The molecule has 0 bridgehead atoms. The van der Waals surface area contributed by atoms with Crippen LogP contribution in [0.3, 0.4) is 0 Å². The lowest BCUT2D eigenvalue weighted by atomic mass is 9.75. The first-order valence-electron chi connectivity index (χ1n) is 8.54. The Morgan fingerprint density at radius 2 is 2.20 bits per heavy atom. The van der Waals surface area contributed by atoms with Crippen molar-refractivity contribution in [2.75, 3.05) is 32.1 Å². The normalized spacial score (nSPS) is 23.4. The number of para-hydroxylation sites is 1. The number of carbonyl (C=O) groups excluding carboxylic acids is 1. The summed E-state index contributed by atoms with van der Waals surface area (Å²) in [6.45, 7) is 2.50. The molecule has 0 radical (unpaired) electrons. The Labute approximate surface area is 146 Å². The van der Waals surface area contributed by atoms with E-state index < -0.39 is 5.41 Å². The van der Waals surface area contributed by atoms with Crippen molar-refractivity contribution in [2.45, 2.75) is 31.4 Å². The lowest BCUT2D eigenvalue weighted by molar-refractivity contribution is -0.125. The Hall–Kier alpha value is -2.25. The van der Waals surface area contributed by atoms with E-state index in [1.165, 1.54) is 0 Å². The second-order valence-electron chi connectivity index (χ2n) is 6.81. The average molecular weight is 342 g/mol. The van der Waals surface area contributed by atoms with Gasteiger partial charge in [0.25, 0.3) is 5.89 Å². The molecule has 1 aromatic carbocycles. The molecule has 1 amide bonds. The SMILES string of the molecule is COCc1nc(CN2CCC[C@]3(C2)C(=O)N(C)c2ccccc23)no1. The highest BCUT2D eigenvalue weighted by Gasteiger charge is 2.51. The van der Waals surface area contributed by atoms with Crippen molar-refractivity contribution in [3.8, 4) is 0 Å². The molecule has 1 atom stereocenters. The summed E-state index contributed by atoms with van der Waals surface area (Å²) in [5.74, 6) is 1.30. The number of hydrogen-bond acceptors (Lipinski definition) is 6. The van der Waals surface area contributed by atoms with Crippen molar-refractivity contribution in [3.63, 3.8) is 0 Å². The first-order valence-corrected chi connectivity index (χ1v) is 8.54. The molecule has 3 heterocycles. The third kappa shape index (κ3) is 2.63. The van der Waals surface area contributed by atoms with Gasteiger partial charge in [0.2, 0.25) is 5.91 Å². The highest BCUT2D eigenvalue weighted by molar-refractivity contribution is 6.08. The molecule has 2 aliphatic rings. The first kappa shape index (κ1) is 16.2. The molecular weight excluding hydrogens is 320 g/mol. The summed E-state index contributed by atoms with van der Waals surface area (Å²) in [4.78, 5) is 21.5. The van der Waals surface area contributed by atoms with Crippen molar-refractivity contribution in [3.05, 3.63) is 41.5 Å². The summed E-state index contributed by atoms with van der Waals surface area (Å²) < 4.78 is 10.2. The quantitative estimate of drug-likeness (QED) is 0.843. The van der Waals surface area contributed by atoms with Gasteiger partial charge in [0.05, 0.1) is 12.0 Å². The van der Waals surface area contributed by atoms with Crippen LogP contribution in [0.25, 0.3) is 0 Å². The number of aromatic nitrogens is 2. The Morgan fingerprint density at radius 1 is 1.36 bits per heavy atom. The number of amides is 1. The maximum atomic E-state index is 13.1. The minimum atomic E-state index is -0.456. The van der Waals surface area contributed by atoms with E-state index in [1.54, 1.807) is 12.0 Å². The van der Waals surface area contributed by atoms with Crippen LogP contribution < -0.4 is 4.90 Å². The number of hydrogen-bond donors (Lipinski definition) is 0.